The Labute approximate surface area is 167 Å². The summed E-state index contributed by atoms with van der Waals surface area (Å²) in [6, 6.07) is 10.4. The van der Waals surface area contributed by atoms with Crippen LogP contribution in [0.2, 0.25) is 10.0 Å². The van der Waals surface area contributed by atoms with E-state index in [1.165, 1.54) is 26.2 Å². The first kappa shape index (κ1) is 21.2. The fourth-order valence-electron chi connectivity index (χ4n) is 2.08. The number of hydrazine groups is 1. The molecular formula is C17H17Cl2N3O4S. The zero-order valence-electron chi connectivity index (χ0n) is 14.5. The Morgan fingerprint density at radius 3 is 2.22 bits per heavy atom. The standard InChI is InChI=1S/C17H17Cl2N3O4S/c1-22(2)27(25,26)13-7-8-15(19)14(10-13)17(24)21-20-16(23)9-11-3-5-12(18)6-4-11/h3-8,10H,9H2,1-2H3,(H,20,23)(H,21,24). The highest BCUT2D eigenvalue weighted by atomic mass is 35.5. The number of hydrogen-bond donors (Lipinski definition) is 2. The largest absolute Gasteiger partial charge is 0.273 e. The molecule has 0 aliphatic carbocycles. The minimum atomic E-state index is -3.73. The Kier molecular flexibility index (Phi) is 6.83. The lowest BCUT2D eigenvalue weighted by Crippen LogP contribution is -2.42. The predicted octanol–water partition coefficient (Wildman–Crippen LogP) is 2.25. The maximum absolute atomic E-state index is 12.3. The predicted molar refractivity (Wildman–Crippen MR) is 103 cm³/mol. The summed E-state index contributed by atoms with van der Waals surface area (Å²) in [4.78, 5) is 24.1. The molecule has 0 aromatic heterocycles. The van der Waals surface area contributed by atoms with Crippen LogP contribution >= 0.6 is 23.2 Å². The highest BCUT2D eigenvalue weighted by Gasteiger charge is 2.21. The van der Waals surface area contributed by atoms with Gasteiger partial charge in [0.25, 0.3) is 5.91 Å². The third-order valence-electron chi connectivity index (χ3n) is 3.55. The lowest BCUT2D eigenvalue weighted by molar-refractivity contribution is -0.121. The van der Waals surface area contributed by atoms with E-state index in [0.717, 1.165) is 10.4 Å². The molecule has 0 saturated heterocycles. The summed E-state index contributed by atoms with van der Waals surface area (Å²) >= 11 is 11.8. The molecule has 0 bridgehead atoms. The van der Waals surface area contributed by atoms with Gasteiger partial charge >= 0.3 is 0 Å². The van der Waals surface area contributed by atoms with Gasteiger partial charge in [-0.05, 0) is 35.9 Å². The molecule has 0 fully saturated rings. The van der Waals surface area contributed by atoms with Gasteiger partial charge in [0.1, 0.15) is 0 Å². The van der Waals surface area contributed by atoms with Crippen LogP contribution < -0.4 is 10.9 Å². The number of hydrogen-bond acceptors (Lipinski definition) is 4. The lowest BCUT2D eigenvalue weighted by Gasteiger charge is -2.13. The molecule has 7 nitrogen and oxygen atoms in total. The molecule has 2 N–H and O–H groups in total. The first-order valence-corrected chi connectivity index (χ1v) is 9.86. The molecule has 2 rings (SSSR count). The van der Waals surface area contributed by atoms with Crippen LogP contribution in [0, 0.1) is 0 Å². The number of benzene rings is 2. The van der Waals surface area contributed by atoms with Crippen LogP contribution in [-0.2, 0) is 21.2 Å². The third kappa shape index (κ3) is 5.43. The minimum absolute atomic E-state index is 0.0280. The second-order valence-corrected chi connectivity index (χ2v) is 8.73. The van der Waals surface area contributed by atoms with Crippen molar-refractivity contribution in [3.05, 3.63) is 63.6 Å². The second kappa shape index (κ2) is 8.71. The Morgan fingerprint density at radius 2 is 1.63 bits per heavy atom. The summed E-state index contributed by atoms with van der Waals surface area (Å²) in [7, 11) is -0.977. The van der Waals surface area contributed by atoms with E-state index in [4.69, 9.17) is 23.2 Å². The Bertz CT molecular complexity index is 961. The molecule has 2 aromatic carbocycles. The molecule has 2 amide bonds. The summed E-state index contributed by atoms with van der Waals surface area (Å²) < 4.78 is 25.4. The van der Waals surface area contributed by atoms with Crippen LogP contribution in [0.3, 0.4) is 0 Å². The number of halogens is 2. The fraction of sp³-hybridized carbons (Fsp3) is 0.176. The molecule has 0 aliphatic rings. The quantitative estimate of drug-likeness (QED) is 0.712. The molecule has 10 heteroatoms. The van der Waals surface area contributed by atoms with Crippen LogP contribution in [0.4, 0.5) is 0 Å². The topological polar surface area (TPSA) is 95.6 Å². The SMILES string of the molecule is CN(C)S(=O)(=O)c1ccc(Cl)c(C(=O)NNC(=O)Cc2ccc(Cl)cc2)c1. The van der Waals surface area contributed by atoms with Crippen molar-refractivity contribution >= 4 is 45.0 Å². The normalized spacial score (nSPS) is 11.3. The van der Waals surface area contributed by atoms with E-state index in [2.05, 4.69) is 10.9 Å². The van der Waals surface area contributed by atoms with Gasteiger partial charge in [-0.2, -0.15) is 0 Å². The maximum atomic E-state index is 12.3. The van der Waals surface area contributed by atoms with E-state index in [9.17, 15) is 18.0 Å². The van der Waals surface area contributed by atoms with Gasteiger partial charge in [-0.3, -0.25) is 20.4 Å². The van der Waals surface area contributed by atoms with Gasteiger partial charge in [-0.25, -0.2) is 12.7 Å². The average molecular weight is 430 g/mol. The van der Waals surface area contributed by atoms with Crippen molar-refractivity contribution in [3.8, 4) is 0 Å². The summed E-state index contributed by atoms with van der Waals surface area (Å²) in [6.45, 7) is 0. The number of carbonyl (C=O) groups excluding carboxylic acids is 2. The van der Waals surface area contributed by atoms with Crippen molar-refractivity contribution in [1.29, 1.82) is 0 Å². The fourth-order valence-corrected chi connectivity index (χ4v) is 3.33. The van der Waals surface area contributed by atoms with Gasteiger partial charge in [0.2, 0.25) is 15.9 Å². The molecule has 144 valence electrons. The number of carbonyl (C=O) groups is 2. The molecule has 0 spiro atoms. The van der Waals surface area contributed by atoms with Gasteiger partial charge in [0.15, 0.2) is 0 Å². The second-order valence-electron chi connectivity index (χ2n) is 5.73. The van der Waals surface area contributed by atoms with Crippen molar-refractivity contribution in [2.45, 2.75) is 11.3 Å². The minimum Gasteiger partial charge on any atom is -0.273 e. The highest BCUT2D eigenvalue weighted by Crippen LogP contribution is 2.22. The van der Waals surface area contributed by atoms with Crippen molar-refractivity contribution in [1.82, 2.24) is 15.2 Å². The lowest BCUT2D eigenvalue weighted by atomic mass is 10.1. The number of amides is 2. The van der Waals surface area contributed by atoms with Gasteiger partial charge < -0.3 is 0 Å². The zero-order valence-corrected chi connectivity index (χ0v) is 16.8. The Hall–Kier alpha value is -2.13. The van der Waals surface area contributed by atoms with E-state index in [1.807, 2.05) is 0 Å². The number of sulfonamides is 1. The smallest absolute Gasteiger partial charge is 0.271 e. The molecular weight excluding hydrogens is 413 g/mol. The number of nitrogens with zero attached hydrogens (tertiary/aromatic N) is 1. The maximum Gasteiger partial charge on any atom is 0.271 e. The van der Waals surface area contributed by atoms with Gasteiger partial charge in [0.05, 0.1) is 21.9 Å². The molecule has 0 atom stereocenters. The molecule has 0 aliphatic heterocycles. The van der Waals surface area contributed by atoms with Gasteiger partial charge in [-0.1, -0.05) is 35.3 Å². The van der Waals surface area contributed by atoms with E-state index in [-0.39, 0.29) is 21.9 Å². The number of rotatable bonds is 5. The Balaban J connectivity index is 2.07. The van der Waals surface area contributed by atoms with E-state index >= 15 is 0 Å². The van der Waals surface area contributed by atoms with Crippen molar-refractivity contribution in [3.63, 3.8) is 0 Å². The zero-order chi connectivity index (χ0) is 20.2. The highest BCUT2D eigenvalue weighted by molar-refractivity contribution is 7.89. The first-order valence-electron chi connectivity index (χ1n) is 7.67. The summed E-state index contributed by atoms with van der Waals surface area (Å²) in [5.74, 6) is -1.20. The Morgan fingerprint density at radius 1 is 1.00 bits per heavy atom. The molecule has 0 saturated carbocycles. The van der Waals surface area contributed by atoms with Crippen LogP contribution in [0.25, 0.3) is 0 Å². The molecule has 0 unspecified atom stereocenters. The van der Waals surface area contributed by atoms with Crippen LogP contribution in [0.5, 0.6) is 0 Å². The molecule has 0 heterocycles. The van der Waals surface area contributed by atoms with Crippen LogP contribution in [0.15, 0.2) is 47.4 Å². The monoisotopic (exact) mass is 429 g/mol. The van der Waals surface area contributed by atoms with Crippen molar-refractivity contribution in [2.24, 2.45) is 0 Å². The average Bonchev–Trinajstić information content (AvgIpc) is 2.61. The van der Waals surface area contributed by atoms with Gasteiger partial charge in [0, 0.05) is 19.1 Å². The van der Waals surface area contributed by atoms with E-state index < -0.39 is 21.8 Å². The first-order chi connectivity index (χ1) is 12.6. The van der Waals surface area contributed by atoms with E-state index in [1.54, 1.807) is 24.3 Å². The summed E-state index contributed by atoms with van der Waals surface area (Å²) in [5, 5.41) is 0.604. The molecule has 27 heavy (non-hydrogen) atoms. The number of nitrogens with one attached hydrogen (secondary N) is 2. The van der Waals surface area contributed by atoms with Crippen LogP contribution in [0.1, 0.15) is 15.9 Å². The third-order valence-corrected chi connectivity index (χ3v) is 5.95. The van der Waals surface area contributed by atoms with E-state index in [0.29, 0.717) is 10.6 Å². The molecule has 2 aromatic rings. The van der Waals surface area contributed by atoms with Crippen molar-refractivity contribution in [2.75, 3.05) is 14.1 Å². The molecule has 0 radical (unpaired) electrons. The summed E-state index contributed by atoms with van der Waals surface area (Å²) in [5.41, 5.74) is 5.12. The van der Waals surface area contributed by atoms with Gasteiger partial charge in [-0.15, -0.1) is 0 Å². The van der Waals surface area contributed by atoms with Crippen molar-refractivity contribution < 1.29 is 18.0 Å². The van der Waals surface area contributed by atoms with Crippen LogP contribution in [-0.4, -0.2) is 38.6 Å². The summed E-state index contributed by atoms with van der Waals surface area (Å²) in [6.07, 6.45) is 0.0280.